The van der Waals surface area contributed by atoms with Crippen LogP contribution < -0.4 is 5.32 Å². The van der Waals surface area contributed by atoms with Crippen LogP contribution in [0.2, 0.25) is 0 Å². The van der Waals surface area contributed by atoms with Gasteiger partial charge in [0, 0.05) is 25.7 Å². The highest BCUT2D eigenvalue weighted by atomic mass is 15.2. The van der Waals surface area contributed by atoms with Crippen LogP contribution in [-0.4, -0.2) is 37.1 Å². The summed E-state index contributed by atoms with van der Waals surface area (Å²) >= 11 is 0. The molecule has 2 bridgehead atoms. The molecule has 0 spiro atoms. The summed E-state index contributed by atoms with van der Waals surface area (Å²) in [6.07, 6.45) is 4.24. The second-order valence-electron chi connectivity index (χ2n) is 3.45. The molecule has 1 N–H and O–H groups in total. The summed E-state index contributed by atoms with van der Waals surface area (Å²) in [6.45, 7) is 5.14. The lowest BCUT2D eigenvalue weighted by Crippen LogP contribution is -2.49. The van der Waals surface area contributed by atoms with Crippen LogP contribution in [-0.2, 0) is 0 Å². The lowest BCUT2D eigenvalue weighted by molar-refractivity contribution is 0.217. The molecular weight excluding hydrogens is 124 g/mol. The predicted molar refractivity (Wildman–Crippen MR) is 42.1 cm³/mol. The summed E-state index contributed by atoms with van der Waals surface area (Å²) in [6, 6.07) is 0.816. The zero-order valence-electron chi connectivity index (χ0n) is 6.47. The summed E-state index contributed by atoms with van der Waals surface area (Å²) in [5.74, 6) is 0. The molecule has 2 fully saturated rings. The summed E-state index contributed by atoms with van der Waals surface area (Å²) in [4.78, 5) is 2.59. The Balaban J connectivity index is 1.96. The first kappa shape index (κ1) is 6.62. The number of nitrogens with zero attached hydrogens (tertiary/aromatic N) is 1. The highest BCUT2D eigenvalue weighted by Crippen LogP contribution is 2.12. The van der Waals surface area contributed by atoms with E-state index in [1.165, 1.54) is 45.4 Å². The standard InChI is InChI=1S/C8H16N2/c1-2-5-10-6-4-9-8(3-1)7-10/h8-9H,1-7H2. The zero-order chi connectivity index (χ0) is 6.81. The second-order valence-corrected chi connectivity index (χ2v) is 3.45. The molecule has 0 saturated carbocycles. The molecule has 0 aromatic carbocycles. The SMILES string of the molecule is C1CCN2CCNC(C1)C2. The van der Waals surface area contributed by atoms with Gasteiger partial charge in [0.1, 0.15) is 0 Å². The zero-order valence-corrected chi connectivity index (χ0v) is 6.47. The second kappa shape index (κ2) is 2.89. The third-order valence-corrected chi connectivity index (χ3v) is 2.62. The Labute approximate surface area is 62.6 Å². The van der Waals surface area contributed by atoms with Gasteiger partial charge in [0.05, 0.1) is 0 Å². The predicted octanol–water partition coefficient (Wildman–Crippen LogP) is 0.444. The molecule has 2 heteroatoms. The minimum atomic E-state index is 0.816. The van der Waals surface area contributed by atoms with Crippen molar-refractivity contribution in [1.82, 2.24) is 10.2 Å². The lowest BCUT2D eigenvalue weighted by Gasteiger charge is -2.30. The molecule has 2 aliphatic heterocycles. The highest BCUT2D eigenvalue weighted by molar-refractivity contribution is 4.80. The number of fused-ring (bicyclic) bond motifs is 2. The Morgan fingerprint density at radius 1 is 1.20 bits per heavy atom. The maximum Gasteiger partial charge on any atom is 0.0195 e. The van der Waals surface area contributed by atoms with Crippen LogP contribution in [0.3, 0.4) is 0 Å². The molecule has 2 unspecified atom stereocenters. The van der Waals surface area contributed by atoms with Crippen molar-refractivity contribution in [2.24, 2.45) is 0 Å². The lowest BCUT2D eigenvalue weighted by atomic mass is 10.1. The van der Waals surface area contributed by atoms with Crippen molar-refractivity contribution in [2.45, 2.75) is 25.3 Å². The summed E-state index contributed by atoms with van der Waals surface area (Å²) in [5.41, 5.74) is 0. The van der Waals surface area contributed by atoms with E-state index < -0.39 is 0 Å². The van der Waals surface area contributed by atoms with Gasteiger partial charge in [-0.2, -0.15) is 0 Å². The van der Waals surface area contributed by atoms with E-state index in [9.17, 15) is 0 Å². The number of piperazine rings is 1. The molecule has 2 atom stereocenters. The van der Waals surface area contributed by atoms with E-state index >= 15 is 0 Å². The first-order valence-corrected chi connectivity index (χ1v) is 4.41. The third-order valence-electron chi connectivity index (χ3n) is 2.62. The molecule has 2 saturated heterocycles. The Morgan fingerprint density at radius 3 is 3.20 bits per heavy atom. The molecule has 10 heavy (non-hydrogen) atoms. The van der Waals surface area contributed by atoms with Gasteiger partial charge in [-0.3, -0.25) is 0 Å². The molecule has 0 aliphatic carbocycles. The van der Waals surface area contributed by atoms with Gasteiger partial charge in [-0.05, 0) is 19.4 Å². The van der Waals surface area contributed by atoms with Crippen molar-refractivity contribution >= 4 is 0 Å². The topological polar surface area (TPSA) is 15.3 Å². The van der Waals surface area contributed by atoms with E-state index in [1.54, 1.807) is 0 Å². The van der Waals surface area contributed by atoms with Crippen molar-refractivity contribution < 1.29 is 0 Å². The summed E-state index contributed by atoms with van der Waals surface area (Å²) in [5, 5.41) is 3.55. The van der Waals surface area contributed by atoms with E-state index in [2.05, 4.69) is 10.2 Å². The van der Waals surface area contributed by atoms with Crippen molar-refractivity contribution in [3.05, 3.63) is 0 Å². The summed E-state index contributed by atoms with van der Waals surface area (Å²) < 4.78 is 0. The van der Waals surface area contributed by atoms with Crippen LogP contribution in [0.5, 0.6) is 0 Å². The van der Waals surface area contributed by atoms with Gasteiger partial charge in [0.15, 0.2) is 0 Å². The molecule has 0 aromatic rings. The fraction of sp³-hybridized carbons (Fsp3) is 1.00. The van der Waals surface area contributed by atoms with Gasteiger partial charge in [-0.15, -0.1) is 0 Å². The largest absolute Gasteiger partial charge is 0.311 e. The van der Waals surface area contributed by atoms with E-state index in [0.717, 1.165) is 6.04 Å². The number of nitrogens with one attached hydrogen (secondary N) is 1. The van der Waals surface area contributed by atoms with Gasteiger partial charge in [0.25, 0.3) is 0 Å². The van der Waals surface area contributed by atoms with E-state index in [-0.39, 0.29) is 0 Å². The maximum atomic E-state index is 3.55. The normalized spacial score (nSPS) is 40.8. The molecule has 2 nitrogen and oxygen atoms in total. The fourth-order valence-electron chi connectivity index (χ4n) is 2.02. The van der Waals surface area contributed by atoms with Crippen LogP contribution in [0.4, 0.5) is 0 Å². The molecular formula is C8H16N2. The van der Waals surface area contributed by atoms with Crippen molar-refractivity contribution in [1.29, 1.82) is 0 Å². The van der Waals surface area contributed by atoms with Crippen LogP contribution in [0, 0.1) is 0 Å². The number of hydrogen-bond donors (Lipinski definition) is 1. The highest BCUT2D eigenvalue weighted by Gasteiger charge is 2.20. The average molecular weight is 140 g/mol. The molecule has 58 valence electrons. The number of hydrogen-bond acceptors (Lipinski definition) is 2. The van der Waals surface area contributed by atoms with Crippen LogP contribution >= 0.6 is 0 Å². The third kappa shape index (κ3) is 1.32. The maximum absolute atomic E-state index is 3.55. The monoisotopic (exact) mass is 140 g/mol. The van der Waals surface area contributed by atoms with E-state index in [0.29, 0.717) is 0 Å². The smallest absolute Gasteiger partial charge is 0.0195 e. The van der Waals surface area contributed by atoms with Crippen LogP contribution in [0.15, 0.2) is 0 Å². The first-order chi connectivity index (χ1) is 4.95. The van der Waals surface area contributed by atoms with Crippen LogP contribution in [0.25, 0.3) is 0 Å². The van der Waals surface area contributed by atoms with Crippen LogP contribution in [0.1, 0.15) is 19.3 Å². The van der Waals surface area contributed by atoms with E-state index in [1.807, 2.05) is 0 Å². The Kier molecular flexibility index (Phi) is 1.91. The Hall–Kier alpha value is -0.0800. The van der Waals surface area contributed by atoms with Gasteiger partial charge < -0.3 is 10.2 Å². The minimum absolute atomic E-state index is 0.816. The van der Waals surface area contributed by atoms with Crippen molar-refractivity contribution in [3.63, 3.8) is 0 Å². The van der Waals surface area contributed by atoms with Gasteiger partial charge in [-0.25, -0.2) is 0 Å². The quantitative estimate of drug-likeness (QED) is 0.525. The summed E-state index contributed by atoms with van der Waals surface area (Å²) in [7, 11) is 0. The Bertz CT molecular complexity index is 102. The molecule has 0 radical (unpaired) electrons. The Morgan fingerprint density at radius 2 is 2.20 bits per heavy atom. The van der Waals surface area contributed by atoms with E-state index in [4.69, 9.17) is 0 Å². The molecule has 2 aliphatic rings. The average Bonchev–Trinajstić information content (AvgIpc) is 2.12. The van der Waals surface area contributed by atoms with Crippen molar-refractivity contribution in [3.8, 4) is 0 Å². The first-order valence-electron chi connectivity index (χ1n) is 4.41. The van der Waals surface area contributed by atoms with Gasteiger partial charge in [-0.1, -0.05) is 6.42 Å². The van der Waals surface area contributed by atoms with Gasteiger partial charge >= 0.3 is 0 Å². The minimum Gasteiger partial charge on any atom is -0.311 e. The molecule has 2 heterocycles. The molecule has 0 aromatic heterocycles. The van der Waals surface area contributed by atoms with Crippen molar-refractivity contribution in [2.75, 3.05) is 26.2 Å². The fourth-order valence-corrected chi connectivity index (χ4v) is 2.02. The molecule has 0 amide bonds. The number of rotatable bonds is 0. The molecule has 2 rings (SSSR count). The van der Waals surface area contributed by atoms with Gasteiger partial charge in [0.2, 0.25) is 0 Å².